The Morgan fingerprint density at radius 2 is 1.80 bits per heavy atom. The van der Waals surface area contributed by atoms with Crippen LogP contribution in [0.2, 0.25) is 5.02 Å². The maximum atomic E-state index is 13.6. The van der Waals surface area contributed by atoms with E-state index in [4.69, 9.17) is 16.3 Å². The second kappa shape index (κ2) is 6.59. The van der Waals surface area contributed by atoms with Crippen LogP contribution in [0.15, 0.2) is 30.3 Å². The lowest BCUT2D eigenvalue weighted by Gasteiger charge is -2.14. The van der Waals surface area contributed by atoms with Crippen LogP contribution in [0.4, 0.5) is 4.39 Å². The van der Waals surface area contributed by atoms with Crippen LogP contribution < -0.4 is 4.74 Å². The number of rotatable bonds is 4. The second-order valence-electron chi connectivity index (χ2n) is 4.72. The fourth-order valence-electron chi connectivity index (χ4n) is 2.15. The second-order valence-corrected chi connectivity index (χ2v) is 5.71. The Hall–Kier alpha value is -1.06. The van der Waals surface area contributed by atoms with E-state index in [2.05, 4.69) is 28.1 Å². The Morgan fingerprint density at radius 3 is 2.40 bits per heavy atom. The molecule has 2 rings (SSSR count). The molecule has 0 fully saturated rings. The molecule has 0 spiro atoms. The van der Waals surface area contributed by atoms with Crippen LogP contribution in [-0.4, -0.2) is 0 Å². The van der Waals surface area contributed by atoms with Gasteiger partial charge in [-0.15, -0.1) is 0 Å². The molecule has 1 nitrogen and oxygen atoms in total. The molecule has 0 bridgehead atoms. The van der Waals surface area contributed by atoms with E-state index in [9.17, 15) is 4.39 Å². The minimum atomic E-state index is -0.304. The highest BCUT2D eigenvalue weighted by molar-refractivity contribution is 9.08. The molecule has 0 heterocycles. The van der Waals surface area contributed by atoms with Crippen molar-refractivity contribution in [1.29, 1.82) is 0 Å². The summed E-state index contributed by atoms with van der Waals surface area (Å²) < 4.78 is 19.4. The molecular weight excluding hydrogens is 343 g/mol. The summed E-state index contributed by atoms with van der Waals surface area (Å²) in [6.45, 7) is 4.15. The largest absolute Gasteiger partial charge is 0.488 e. The first-order valence-corrected chi connectivity index (χ1v) is 7.74. The summed E-state index contributed by atoms with van der Waals surface area (Å²) in [5.74, 6) is 0.496. The standard InChI is InChI=1S/C16H15BrClFO/c1-10-5-12(8-17)6-11(2)16(10)20-9-13-7-14(18)3-4-15(13)19/h3-7H,8-9H2,1-2H3. The third kappa shape index (κ3) is 3.53. The quantitative estimate of drug-likeness (QED) is 0.650. The zero-order valence-corrected chi connectivity index (χ0v) is 13.7. The Bertz CT molecular complexity index is 605. The van der Waals surface area contributed by atoms with Gasteiger partial charge in [0.1, 0.15) is 18.2 Å². The molecule has 4 heteroatoms. The summed E-state index contributed by atoms with van der Waals surface area (Å²) in [6, 6.07) is 8.60. The van der Waals surface area contributed by atoms with E-state index in [-0.39, 0.29) is 12.4 Å². The normalized spacial score (nSPS) is 10.7. The maximum Gasteiger partial charge on any atom is 0.129 e. The molecule has 2 aromatic carbocycles. The van der Waals surface area contributed by atoms with Crippen molar-refractivity contribution >= 4 is 27.5 Å². The first kappa shape index (κ1) is 15.3. The fourth-order valence-corrected chi connectivity index (χ4v) is 2.67. The number of benzene rings is 2. The molecular formula is C16H15BrClFO. The average Bonchev–Trinajstić information content (AvgIpc) is 2.41. The van der Waals surface area contributed by atoms with Crippen LogP contribution in [-0.2, 0) is 11.9 Å². The van der Waals surface area contributed by atoms with Crippen LogP contribution in [0.25, 0.3) is 0 Å². The fraction of sp³-hybridized carbons (Fsp3) is 0.250. The Morgan fingerprint density at radius 1 is 1.15 bits per heavy atom. The van der Waals surface area contributed by atoms with Gasteiger partial charge >= 0.3 is 0 Å². The molecule has 2 aromatic rings. The molecule has 0 aliphatic heterocycles. The van der Waals surface area contributed by atoms with Crippen molar-refractivity contribution < 1.29 is 9.13 Å². The molecule has 0 atom stereocenters. The molecule has 0 saturated heterocycles. The van der Waals surface area contributed by atoms with Crippen molar-refractivity contribution in [2.45, 2.75) is 25.8 Å². The summed E-state index contributed by atoms with van der Waals surface area (Å²) in [7, 11) is 0. The third-order valence-electron chi connectivity index (χ3n) is 3.05. The van der Waals surface area contributed by atoms with Crippen LogP contribution in [0.3, 0.4) is 0 Å². The lowest BCUT2D eigenvalue weighted by atomic mass is 10.1. The molecule has 0 saturated carbocycles. The highest BCUT2D eigenvalue weighted by Gasteiger charge is 2.09. The molecule has 0 amide bonds. The van der Waals surface area contributed by atoms with E-state index in [1.807, 2.05) is 13.8 Å². The summed E-state index contributed by atoms with van der Waals surface area (Å²) in [6.07, 6.45) is 0. The Kier molecular flexibility index (Phi) is 5.06. The third-order valence-corrected chi connectivity index (χ3v) is 3.94. The van der Waals surface area contributed by atoms with Crippen molar-refractivity contribution in [3.05, 3.63) is 63.4 Å². The van der Waals surface area contributed by atoms with Gasteiger partial charge in [0.15, 0.2) is 0 Å². The van der Waals surface area contributed by atoms with Crippen LogP contribution >= 0.6 is 27.5 Å². The summed E-state index contributed by atoms with van der Waals surface area (Å²) in [4.78, 5) is 0. The van der Waals surface area contributed by atoms with E-state index in [0.717, 1.165) is 22.2 Å². The zero-order chi connectivity index (χ0) is 14.7. The first-order valence-electron chi connectivity index (χ1n) is 6.24. The van der Waals surface area contributed by atoms with Gasteiger partial charge in [-0.3, -0.25) is 0 Å². The zero-order valence-electron chi connectivity index (χ0n) is 11.3. The predicted octanol–water partition coefficient (Wildman–Crippen LogP) is 5.57. The van der Waals surface area contributed by atoms with Gasteiger partial charge in [-0.2, -0.15) is 0 Å². The molecule has 20 heavy (non-hydrogen) atoms. The molecule has 0 aliphatic carbocycles. The topological polar surface area (TPSA) is 9.23 Å². The number of halogens is 3. The van der Waals surface area contributed by atoms with Gasteiger partial charge < -0.3 is 4.74 Å². The van der Waals surface area contributed by atoms with Crippen molar-refractivity contribution in [2.75, 3.05) is 0 Å². The van der Waals surface area contributed by atoms with Crippen LogP contribution in [0.5, 0.6) is 5.75 Å². The number of hydrogen-bond acceptors (Lipinski definition) is 1. The van der Waals surface area contributed by atoms with Crippen LogP contribution in [0, 0.1) is 19.7 Å². The van der Waals surface area contributed by atoms with Crippen molar-refractivity contribution in [2.24, 2.45) is 0 Å². The molecule has 0 N–H and O–H groups in total. The summed E-state index contributed by atoms with van der Waals surface area (Å²) in [5.41, 5.74) is 3.74. The SMILES string of the molecule is Cc1cc(CBr)cc(C)c1OCc1cc(Cl)ccc1F. The van der Waals surface area contributed by atoms with Crippen molar-refractivity contribution in [3.63, 3.8) is 0 Å². The number of aryl methyl sites for hydroxylation is 2. The van der Waals surface area contributed by atoms with E-state index in [1.165, 1.54) is 17.7 Å². The Balaban J connectivity index is 2.21. The van der Waals surface area contributed by atoms with Gasteiger partial charge in [-0.25, -0.2) is 4.39 Å². The monoisotopic (exact) mass is 356 g/mol. The lowest BCUT2D eigenvalue weighted by Crippen LogP contribution is -2.02. The minimum Gasteiger partial charge on any atom is -0.488 e. The van der Waals surface area contributed by atoms with E-state index >= 15 is 0 Å². The maximum absolute atomic E-state index is 13.6. The molecule has 0 radical (unpaired) electrons. The van der Waals surface area contributed by atoms with Gasteiger partial charge in [0.2, 0.25) is 0 Å². The van der Waals surface area contributed by atoms with E-state index < -0.39 is 0 Å². The van der Waals surface area contributed by atoms with Gasteiger partial charge in [0.25, 0.3) is 0 Å². The van der Waals surface area contributed by atoms with E-state index in [1.54, 1.807) is 6.07 Å². The Labute approximate surface area is 131 Å². The molecule has 0 unspecified atom stereocenters. The van der Waals surface area contributed by atoms with E-state index in [0.29, 0.717) is 10.6 Å². The highest BCUT2D eigenvalue weighted by atomic mass is 79.9. The first-order chi connectivity index (χ1) is 9.51. The van der Waals surface area contributed by atoms with Crippen molar-refractivity contribution in [1.82, 2.24) is 0 Å². The van der Waals surface area contributed by atoms with Gasteiger partial charge in [-0.05, 0) is 48.7 Å². The lowest BCUT2D eigenvalue weighted by molar-refractivity contribution is 0.295. The molecule has 106 valence electrons. The molecule has 0 aliphatic rings. The summed E-state index contributed by atoms with van der Waals surface area (Å²) in [5, 5.41) is 1.31. The molecule has 0 aromatic heterocycles. The van der Waals surface area contributed by atoms with Crippen LogP contribution in [0.1, 0.15) is 22.3 Å². The van der Waals surface area contributed by atoms with Gasteiger partial charge in [-0.1, -0.05) is 39.7 Å². The van der Waals surface area contributed by atoms with Crippen molar-refractivity contribution in [3.8, 4) is 5.75 Å². The number of hydrogen-bond donors (Lipinski definition) is 0. The number of ether oxygens (including phenoxy) is 1. The predicted molar refractivity (Wildman–Crippen MR) is 84.3 cm³/mol. The summed E-state index contributed by atoms with van der Waals surface area (Å²) >= 11 is 9.31. The highest BCUT2D eigenvalue weighted by Crippen LogP contribution is 2.27. The smallest absolute Gasteiger partial charge is 0.129 e. The minimum absolute atomic E-state index is 0.168. The van der Waals surface area contributed by atoms with Gasteiger partial charge in [0, 0.05) is 15.9 Å². The van der Waals surface area contributed by atoms with Gasteiger partial charge in [0.05, 0.1) is 0 Å². The average molecular weight is 358 g/mol. The number of alkyl halides is 1.